The number of rotatable bonds is 3. The van der Waals surface area contributed by atoms with Crippen molar-refractivity contribution in [1.29, 1.82) is 0 Å². The summed E-state index contributed by atoms with van der Waals surface area (Å²) in [5, 5.41) is 0.708. The average molecular weight is 473 g/mol. The van der Waals surface area contributed by atoms with Crippen LogP contribution in [0.25, 0.3) is 10.2 Å². The first-order valence-corrected chi connectivity index (χ1v) is 11.5. The molecule has 1 aliphatic carbocycles. The minimum Gasteiger partial charge on any atom is -0.355 e. The van der Waals surface area contributed by atoms with Crippen LogP contribution in [0.1, 0.15) is 37.0 Å². The van der Waals surface area contributed by atoms with Gasteiger partial charge in [-0.15, -0.1) is 11.3 Å². The highest BCUT2D eigenvalue weighted by atomic mass is 32.1. The van der Waals surface area contributed by atoms with Crippen LogP contribution in [0.3, 0.4) is 0 Å². The molecule has 2 aromatic heterocycles. The highest BCUT2D eigenvalue weighted by Crippen LogP contribution is 2.39. The summed E-state index contributed by atoms with van der Waals surface area (Å²) in [6.45, 7) is 3.23. The zero-order valence-corrected chi connectivity index (χ0v) is 19.0. The molecule has 0 radical (unpaired) electrons. The summed E-state index contributed by atoms with van der Waals surface area (Å²) in [6.07, 6.45) is 1.62. The standard InChI is InChI=1S/C21H25F3N4OS.H2S/c22-21(23,24)8-16-7-17-18(25-12-26-19(17)30-16)28-9-14-5-6-27(10-15(14)11-28)20(29)13-3-1-2-4-13;/h7,12-15H,1-6,8-11H2;1H2/t14-,15+;/m1./s1. The van der Waals surface area contributed by atoms with Crippen LogP contribution in [0.4, 0.5) is 19.0 Å². The van der Waals surface area contributed by atoms with Crippen molar-refractivity contribution in [3.8, 4) is 0 Å². The number of thiophene rings is 1. The fraction of sp³-hybridized carbons (Fsp3) is 0.667. The van der Waals surface area contributed by atoms with Gasteiger partial charge in [0.05, 0.1) is 11.8 Å². The van der Waals surface area contributed by atoms with E-state index >= 15 is 0 Å². The fourth-order valence-corrected chi connectivity index (χ4v) is 6.42. The first-order chi connectivity index (χ1) is 14.4. The van der Waals surface area contributed by atoms with Gasteiger partial charge >= 0.3 is 6.18 Å². The molecule has 3 fully saturated rings. The largest absolute Gasteiger partial charge is 0.393 e. The summed E-state index contributed by atoms with van der Waals surface area (Å²) in [6, 6.07) is 1.60. The van der Waals surface area contributed by atoms with E-state index in [1.54, 1.807) is 6.07 Å². The maximum atomic E-state index is 12.8. The van der Waals surface area contributed by atoms with Crippen molar-refractivity contribution < 1.29 is 18.0 Å². The Morgan fingerprint density at radius 3 is 2.58 bits per heavy atom. The van der Waals surface area contributed by atoms with E-state index < -0.39 is 12.6 Å². The van der Waals surface area contributed by atoms with E-state index in [1.165, 1.54) is 6.33 Å². The van der Waals surface area contributed by atoms with E-state index in [1.807, 2.05) is 0 Å². The zero-order valence-electron chi connectivity index (χ0n) is 17.2. The molecule has 10 heteroatoms. The van der Waals surface area contributed by atoms with E-state index in [0.717, 1.165) is 75.4 Å². The van der Waals surface area contributed by atoms with Gasteiger partial charge in [0, 0.05) is 37.0 Å². The van der Waals surface area contributed by atoms with Crippen molar-refractivity contribution in [2.24, 2.45) is 17.8 Å². The van der Waals surface area contributed by atoms with E-state index in [0.29, 0.717) is 28.0 Å². The molecule has 3 aliphatic rings. The molecule has 170 valence electrons. The van der Waals surface area contributed by atoms with Gasteiger partial charge in [-0.2, -0.15) is 26.7 Å². The van der Waals surface area contributed by atoms with Crippen molar-refractivity contribution >= 4 is 46.8 Å². The molecular weight excluding hydrogens is 445 g/mol. The molecule has 1 amide bonds. The minimum absolute atomic E-state index is 0. The molecule has 0 unspecified atom stereocenters. The van der Waals surface area contributed by atoms with Gasteiger partial charge in [0.15, 0.2) is 0 Å². The monoisotopic (exact) mass is 472 g/mol. The quantitative estimate of drug-likeness (QED) is 0.665. The lowest BCUT2D eigenvalue weighted by Crippen LogP contribution is -2.45. The Labute approximate surface area is 190 Å². The van der Waals surface area contributed by atoms with Crippen molar-refractivity contribution in [1.82, 2.24) is 14.9 Å². The van der Waals surface area contributed by atoms with Crippen LogP contribution >= 0.6 is 24.8 Å². The molecule has 2 saturated heterocycles. The number of piperidine rings is 1. The second-order valence-electron chi connectivity index (χ2n) is 8.90. The third-order valence-corrected chi connectivity index (χ3v) is 7.89. The SMILES string of the molecule is O=C(C1CCCC1)N1CC[C@@H]2CN(c3ncnc4sc(CC(F)(F)F)cc34)C[C@@H]2C1.S. The van der Waals surface area contributed by atoms with Gasteiger partial charge in [0.1, 0.15) is 17.0 Å². The van der Waals surface area contributed by atoms with Gasteiger partial charge in [-0.1, -0.05) is 12.8 Å². The van der Waals surface area contributed by atoms with Crippen LogP contribution in [0, 0.1) is 17.8 Å². The summed E-state index contributed by atoms with van der Waals surface area (Å²) in [7, 11) is 0. The van der Waals surface area contributed by atoms with E-state index in [-0.39, 0.29) is 24.3 Å². The number of nitrogens with zero attached hydrogens (tertiary/aromatic N) is 4. The molecule has 2 aliphatic heterocycles. The predicted octanol–water partition coefficient (Wildman–Crippen LogP) is 4.38. The predicted molar refractivity (Wildman–Crippen MR) is 120 cm³/mol. The van der Waals surface area contributed by atoms with Gasteiger partial charge in [-0.3, -0.25) is 4.79 Å². The van der Waals surface area contributed by atoms with Crippen LogP contribution in [0.15, 0.2) is 12.4 Å². The summed E-state index contributed by atoms with van der Waals surface area (Å²) >= 11 is 1.09. The molecule has 5 nitrogen and oxygen atoms in total. The van der Waals surface area contributed by atoms with Gasteiger partial charge in [-0.05, 0) is 37.2 Å². The van der Waals surface area contributed by atoms with Crippen LogP contribution in [-0.2, 0) is 11.2 Å². The average Bonchev–Trinajstić information content (AvgIpc) is 3.43. The molecule has 2 atom stereocenters. The maximum Gasteiger partial charge on any atom is 0.393 e. The number of fused-ring (bicyclic) bond motifs is 2. The molecule has 0 spiro atoms. The van der Waals surface area contributed by atoms with Crippen LogP contribution in [-0.4, -0.2) is 53.1 Å². The molecule has 2 aromatic rings. The molecule has 4 heterocycles. The first-order valence-electron chi connectivity index (χ1n) is 10.7. The van der Waals surface area contributed by atoms with E-state index in [9.17, 15) is 18.0 Å². The topological polar surface area (TPSA) is 49.3 Å². The highest BCUT2D eigenvalue weighted by molar-refractivity contribution is 7.59. The molecule has 5 rings (SSSR count). The number of hydrogen-bond acceptors (Lipinski definition) is 5. The van der Waals surface area contributed by atoms with Crippen molar-refractivity contribution in [3.05, 3.63) is 17.3 Å². The van der Waals surface area contributed by atoms with Crippen LogP contribution in [0.2, 0.25) is 0 Å². The molecule has 0 N–H and O–H groups in total. The summed E-state index contributed by atoms with van der Waals surface area (Å²) in [5.41, 5.74) is 0. The lowest BCUT2D eigenvalue weighted by molar-refractivity contribution is -0.137. The van der Waals surface area contributed by atoms with Crippen molar-refractivity contribution in [2.45, 2.75) is 44.7 Å². The summed E-state index contributed by atoms with van der Waals surface area (Å²) in [4.78, 5) is 26.6. The second-order valence-corrected chi connectivity index (χ2v) is 10.0. The number of anilines is 1. The highest BCUT2D eigenvalue weighted by Gasteiger charge is 2.40. The number of carbonyl (C=O) groups excluding carboxylic acids is 1. The number of hydrogen-bond donors (Lipinski definition) is 0. The van der Waals surface area contributed by atoms with E-state index in [4.69, 9.17) is 0 Å². The fourth-order valence-electron chi connectivity index (χ4n) is 5.40. The molecule has 1 saturated carbocycles. The Bertz CT molecular complexity index is 944. The molecular formula is C21H27F3N4OS2. The number of carbonyl (C=O) groups is 1. The Kier molecular flexibility index (Phi) is 6.40. The van der Waals surface area contributed by atoms with Crippen LogP contribution in [0.5, 0.6) is 0 Å². The van der Waals surface area contributed by atoms with E-state index in [2.05, 4.69) is 19.8 Å². The number of likely N-dealkylation sites (tertiary alicyclic amines) is 1. The number of amides is 1. The lowest BCUT2D eigenvalue weighted by Gasteiger charge is -2.35. The van der Waals surface area contributed by atoms with Gasteiger partial charge in [-0.25, -0.2) is 9.97 Å². The zero-order chi connectivity index (χ0) is 20.9. The number of halogens is 3. The summed E-state index contributed by atoms with van der Waals surface area (Å²) in [5.74, 6) is 2.15. The third-order valence-electron chi connectivity index (χ3n) is 6.85. The molecule has 31 heavy (non-hydrogen) atoms. The first kappa shape index (κ1) is 22.6. The van der Waals surface area contributed by atoms with Crippen LogP contribution < -0.4 is 4.90 Å². The lowest BCUT2D eigenvalue weighted by atomic mass is 9.88. The Balaban J connectivity index is 0.00000231. The maximum absolute atomic E-state index is 12.8. The summed E-state index contributed by atoms with van der Waals surface area (Å²) < 4.78 is 38.4. The minimum atomic E-state index is -4.23. The Hall–Kier alpha value is -1.55. The normalized spacial score (nSPS) is 24.5. The second kappa shape index (κ2) is 8.77. The number of alkyl halides is 3. The number of aromatic nitrogens is 2. The molecule has 0 aromatic carbocycles. The van der Waals surface area contributed by atoms with Gasteiger partial charge in [0.25, 0.3) is 0 Å². The van der Waals surface area contributed by atoms with Gasteiger partial charge < -0.3 is 9.80 Å². The third kappa shape index (κ3) is 4.65. The van der Waals surface area contributed by atoms with Gasteiger partial charge in [0.2, 0.25) is 5.91 Å². The molecule has 0 bridgehead atoms. The Morgan fingerprint density at radius 1 is 1.10 bits per heavy atom. The Morgan fingerprint density at radius 2 is 1.84 bits per heavy atom. The smallest absolute Gasteiger partial charge is 0.355 e. The van der Waals surface area contributed by atoms with Crippen molar-refractivity contribution in [3.63, 3.8) is 0 Å². The van der Waals surface area contributed by atoms with Crippen molar-refractivity contribution in [2.75, 3.05) is 31.1 Å².